The summed E-state index contributed by atoms with van der Waals surface area (Å²) >= 11 is 0. The molecular formula is C17H15FO5. The summed E-state index contributed by atoms with van der Waals surface area (Å²) in [4.78, 5) is 23.2. The third-order valence-electron chi connectivity index (χ3n) is 3.14. The van der Waals surface area contributed by atoms with Crippen LogP contribution in [0.3, 0.4) is 0 Å². The summed E-state index contributed by atoms with van der Waals surface area (Å²) in [7, 11) is 2.70. The standard InChI is InChI=1S/C17H15FO5/c1-21-13-7-8-14(15(18)9-13)17(20)23-10-11-3-5-12(6-4-11)16(19)22-2/h3-9H,10H2,1-2H3. The zero-order valence-electron chi connectivity index (χ0n) is 12.7. The van der Waals surface area contributed by atoms with Crippen molar-refractivity contribution in [1.29, 1.82) is 0 Å². The maximum atomic E-state index is 13.8. The van der Waals surface area contributed by atoms with Crippen molar-refractivity contribution in [2.45, 2.75) is 6.61 Å². The van der Waals surface area contributed by atoms with Crippen LogP contribution in [-0.4, -0.2) is 26.2 Å². The number of carbonyl (C=O) groups is 2. The molecule has 0 aromatic heterocycles. The number of benzene rings is 2. The summed E-state index contributed by atoms with van der Waals surface area (Å²) in [5.41, 5.74) is 0.890. The number of ether oxygens (including phenoxy) is 3. The lowest BCUT2D eigenvalue weighted by Crippen LogP contribution is -2.08. The predicted molar refractivity (Wildman–Crippen MR) is 79.9 cm³/mol. The van der Waals surface area contributed by atoms with Crippen LogP contribution < -0.4 is 4.74 Å². The quantitative estimate of drug-likeness (QED) is 0.793. The van der Waals surface area contributed by atoms with Crippen molar-refractivity contribution in [2.24, 2.45) is 0 Å². The molecule has 0 aliphatic heterocycles. The minimum absolute atomic E-state index is 0.0360. The molecule has 0 saturated carbocycles. The molecule has 23 heavy (non-hydrogen) atoms. The molecule has 0 amide bonds. The molecule has 0 N–H and O–H groups in total. The first kappa shape index (κ1) is 16.5. The number of carbonyl (C=O) groups excluding carboxylic acids is 2. The first-order chi connectivity index (χ1) is 11.0. The number of hydrogen-bond donors (Lipinski definition) is 0. The van der Waals surface area contributed by atoms with Gasteiger partial charge < -0.3 is 14.2 Å². The van der Waals surface area contributed by atoms with E-state index in [1.54, 1.807) is 24.3 Å². The number of hydrogen-bond acceptors (Lipinski definition) is 5. The van der Waals surface area contributed by atoms with Gasteiger partial charge in [-0.2, -0.15) is 0 Å². The van der Waals surface area contributed by atoms with E-state index < -0.39 is 17.8 Å². The molecule has 0 fully saturated rings. The normalized spacial score (nSPS) is 10.0. The third kappa shape index (κ3) is 4.06. The van der Waals surface area contributed by atoms with E-state index in [-0.39, 0.29) is 12.2 Å². The largest absolute Gasteiger partial charge is 0.497 e. The minimum Gasteiger partial charge on any atom is -0.497 e. The first-order valence-corrected chi connectivity index (χ1v) is 6.73. The molecule has 0 spiro atoms. The number of methoxy groups -OCH3 is 2. The van der Waals surface area contributed by atoms with Crippen molar-refractivity contribution in [3.05, 3.63) is 65.0 Å². The number of esters is 2. The van der Waals surface area contributed by atoms with Crippen LogP contribution in [0.5, 0.6) is 5.75 Å². The minimum atomic E-state index is -0.776. The molecule has 6 heteroatoms. The Bertz CT molecular complexity index is 709. The molecule has 2 rings (SSSR count). The van der Waals surface area contributed by atoms with Crippen LogP contribution in [0.4, 0.5) is 4.39 Å². The fourth-order valence-corrected chi connectivity index (χ4v) is 1.87. The maximum Gasteiger partial charge on any atom is 0.341 e. The van der Waals surface area contributed by atoms with Crippen LogP contribution in [0.15, 0.2) is 42.5 Å². The van der Waals surface area contributed by atoms with Crippen molar-refractivity contribution in [1.82, 2.24) is 0 Å². The summed E-state index contributed by atoms with van der Waals surface area (Å²) in [5, 5.41) is 0. The van der Waals surface area contributed by atoms with Gasteiger partial charge in [0.15, 0.2) is 0 Å². The molecule has 0 aliphatic rings. The molecule has 0 heterocycles. The molecule has 0 bridgehead atoms. The number of rotatable bonds is 5. The Morgan fingerprint density at radius 1 is 1.00 bits per heavy atom. The second-order valence-electron chi connectivity index (χ2n) is 4.61. The Kier molecular flexibility index (Phi) is 5.30. The van der Waals surface area contributed by atoms with Crippen molar-refractivity contribution in [2.75, 3.05) is 14.2 Å². The third-order valence-corrected chi connectivity index (χ3v) is 3.14. The Labute approximate surface area is 132 Å². The summed E-state index contributed by atoms with van der Waals surface area (Å²) in [6.07, 6.45) is 0. The lowest BCUT2D eigenvalue weighted by molar-refractivity contribution is 0.0466. The van der Waals surface area contributed by atoms with E-state index in [1.165, 1.54) is 26.4 Å². The molecule has 0 unspecified atom stereocenters. The van der Waals surface area contributed by atoms with Gasteiger partial charge in [0.05, 0.1) is 25.3 Å². The SMILES string of the molecule is COC(=O)c1ccc(COC(=O)c2ccc(OC)cc2F)cc1. The predicted octanol–water partition coefficient (Wildman–Crippen LogP) is 2.98. The summed E-state index contributed by atoms with van der Waals surface area (Å²) in [6, 6.07) is 10.3. The van der Waals surface area contributed by atoms with E-state index in [2.05, 4.69) is 4.74 Å². The van der Waals surface area contributed by atoms with Crippen molar-refractivity contribution in [3.63, 3.8) is 0 Å². The summed E-state index contributed by atoms with van der Waals surface area (Å²) < 4.78 is 28.3. The Morgan fingerprint density at radius 3 is 2.26 bits per heavy atom. The molecule has 0 aliphatic carbocycles. The highest BCUT2D eigenvalue weighted by Crippen LogP contribution is 2.17. The Hall–Kier alpha value is -2.89. The molecule has 120 valence electrons. The van der Waals surface area contributed by atoms with Gasteiger partial charge in [0, 0.05) is 6.07 Å². The summed E-state index contributed by atoms with van der Waals surface area (Å²) in [6.45, 7) is -0.0360. The van der Waals surface area contributed by atoms with Crippen LogP contribution in [-0.2, 0) is 16.1 Å². The topological polar surface area (TPSA) is 61.8 Å². The Morgan fingerprint density at radius 2 is 1.70 bits per heavy atom. The zero-order valence-corrected chi connectivity index (χ0v) is 12.7. The van der Waals surface area contributed by atoms with Crippen molar-refractivity contribution < 1.29 is 28.2 Å². The van der Waals surface area contributed by atoms with E-state index in [9.17, 15) is 14.0 Å². The first-order valence-electron chi connectivity index (χ1n) is 6.73. The van der Waals surface area contributed by atoms with Gasteiger partial charge in [-0.05, 0) is 29.8 Å². The average molecular weight is 318 g/mol. The van der Waals surface area contributed by atoms with E-state index in [1.807, 2.05) is 0 Å². The van der Waals surface area contributed by atoms with Crippen molar-refractivity contribution >= 4 is 11.9 Å². The second-order valence-corrected chi connectivity index (χ2v) is 4.61. The molecule has 5 nitrogen and oxygen atoms in total. The molecule has 0 saturated heterocycles. The highest BCUT2D eigenvalue weighted by atomic mass is 19.1. The fourth-order valence-electron chi connectivity index (χ4n) is 1.87. The second kappa shape index (κ2) is 7.40. The lowest BCUT2D eigenvalue weighted by atomic mass is 10.1. The molecule has 0 atom stereocenters. The van der Waals surface area contributed by atoms with Crippen LogP contribution in [0.1, 0.15) is 26.3 Å². The highest BCUT2D eigenvalue weighted by molar-refractivity contribution is 5.90. The van der Waals surface area contributed by atoms with Gasteiger partial charge in [0.25, 0.3) is 0 Å². The van der Waals surface area contributed by atoms with Gasteiger partial charge >= 0.3 is 11.9 Å². The van der Waals surface area contributed by atoms with Crippen LogP contribution in [0.2, 0.25) is 0 Å². The van der Waals surface area contributed by atoms with Crippen LogP contribution >= 0.6 is 0 Å². The van der Waals surface area contributed by atoms with Crippen molar-refractivity contribution in [3.8, 4) is 5.75 Å². The van der Waals surface area contributed by atoms with E-state index in [4.69, 9.17) is 9.47 Å². The highest BCUT2D eigenvalue weighted by Gasteiger charge is 2.14. The van der Waals surface area contributed by atoms with E-state index >= 15 is 0 Å². The Balaban J connectivity index is 2.00. The van der Waals surface area contributed by atoms with Gasteiger partial charge in [0.2, 0.25) is 0 Å². The van der Waals surface area contributed by atoms with Gasteiger partial charge in [-0.1, -0.05) is 12.1 Å². The van der Waals surface area contributed by atoms with E-state index in [0.29, 0.717) is 16.9 Å². The maximum absolute atomic E-state index is 13.8. The molecular weight excluding hydrogens is 303 g/mol. The summed E-state index contributed by atoms with van der Waals surface area (Å²) in [5.74, 6) is -1.62. The van der Waals surface area contributed by atoms with Gasteiger partial charge in [-0.25, -0.2) is 14.0 Å². The van der Waals surface area contributed by atoms with Crippen LogP contribution in [0, 0.1) is 5.82 Å². The monoisotopic (exact) mass is 318 g/mol. The van der Waals surface area contributed by atoms with Gasteiger partial charge in [0.1, 0.15) is 18.2 Å². The van der Waals surface area contributed by atoms with Crippen LogP contribution in [0.25, 0.3) is 0 Å². The molecule has 0 radical (unpaired) electrons. The molecule has 2 aromatic rings. The smallest absolute Gasteiger partial charge is 0.341 e. The fraction of sp³-hybridized carbons (Fsp3) is 0.176. The molecule has 2 aromatic carbocycles. The number of halogens is 1. The van der Waals surface area contributed by atoms with Gasteiger partial charge in [-0.15, -0.1) is 0 Å². The zero-order chi connectivity index (χ0) is 16.8. The van der Waals surface area contributed by atoms with Gasteiger partial charge in [-0.3, -0.25) is 0 Å². The van der Waals surface area contributed by atoms with E-state index in [0.717, 1.165) is 6.07 Å². The average Bonchev–Trinajstić information content (AvgIpc) is 2.59. The lowest BCUT2D eigenvalue weighted by Gasteiger charge is -2.07.